The maximum Gasteiger partial charge on any atom is 0.159 e. The summed E-state index contributed by atoms with van der Waals surface area (Å²) in [4.78, 5) is 0. The zero-order chi connectivity index (χ0) is 12.4. The highest BCUT2D eigenvalue weighted by Crippen LogP contribution is 2.19. The molecule has 0 radical (unpaired) electrons. The Hall–Kier alpha value is -1.68. The van der Waals surface area contributed by atoms with Gasteiger partial charge < -0.3 is 10.2 Å². The van der Waals surface area contributed by atoms with Crippen LogP contribution in [0.15, 0.2) is 34.9 Å². The Morgan fingerprint density at radius 2 is 2.00 bits per heavy atom. The van der Waals surface area contributed by atoms with E-state index in [1.54, 1.807) is 6.26 Å². The zero-order valence-corrected chi connectivity index (χ0v) is 9.41. The molecule has 2 nitrogen and oxygen atoms in total. The van der Waals surface area contributed by atoms with Gasteiger partial charge in [0.2, 0.25) is 0 Å². The maximum atomic E-state index is 13.0. The summed E-state index contributed by atoms with van der Waals surface area (Å²) in [7, 11) is 0. The third kappa shape index (κ3) is 2.71. The molecule has 1 atom stereocenters. The highest BCUT2D eigenvalue weighted by molar-refractivity contribution is 5.23. The number of nitrogens with two attached hydrogens (primary N) is 1. The first-order valence-corrected chi connectivity index (χ1v) is 5.31. The molecule has 0 amide bonds. The average Bonchev–Trinajstić information content (AvgIpc) is 2.70. The lowest BCUT2D eigenvalue weighted by atomic mass is 10.0. The molecular weight excluding hydrogens is 224 g/mol. The smallest absolute Gasteiger partial charge is 0.159 e. The first-order valence-electron chi connectivity index (χ1n) is 5.31. The topological polar surface area (TPSA) is 39.2 Å². The van der Waals surface area contributed by atoms with Gasteiger partial charge in [-0.25, -0.2) is 8.78 Å². The summed E-state index contributed by atoms with van der Waals surface area (Å²) in [6.45, 7) is 1.83. The highest BCUT2D eigenvalue weighted by atomic mass is 19.2. The number of benzene rings is 1. The van der Waals surface area contributed by atoms with Crippen LogP contribution in [0.3, 0.4) is 0 Å². The summed E-state index contributed by atoms with van der Waals surface area (Å²) in [6, 6.07) is 5.37. The van der Waals surface area contributed by atoms with Gasteiger partial charge in [-0.05, 0) is 37.1 Å². The predicted molar refractivity (Wildman–Crippen MR) is 60.4 cm³/mol. The molecule has 0 aliphatic rings. The highest BCUT2D eigenvalue weighted by Gasteiger charge is 2.11. The minimum absolute atomic E-state index is 0.280. The third-order valence-electron chi connectivity index (χ3n) is 2.62. The number of furan rings is 1. The van der Waals surface area contributed by atoms with Crippen LogP contribution in [0.1, 0.15) is 22.9 Å². The number of aryl methyl sites for hydroxylation is 1. The monoisotopic (exact) mass is 237 g/mol. The van der Waals surface area contributed by atoms with Gasteiger partial charge in [-0.1, -0.05) is 6.07 Å². The van der Waals surface area contributed by atoms with E-state index < -0.39 is 11.6 Å². The van der Waals surface area contributed by atoms with Crippen LogP contribution >= 0.6 is 0 Å². The van der Waals surface area contributed by atoms with Gasteiger partial charge in [0.25, 0.3) is 0 Å². The van der Waals surface area contributed by atoms with E-state index >= 15 is 0 Å². The van der Waals surface area contributed by atoms with Crippen molar-refractivity contribution in [2.75, 3.05) is 0 Å². The molecule has 1 aromatic carbocycles. The number of hydrogen-bond acceptors (Lipinski definition) is 2. The van der Waals surface area contributed by atoms with Crippen LogP contribution in [0.4, 0.5) is 8.78 Å². The van der Waals surface area contributed by atoms with Gasteiger partial charge in [-0.2, -0.15) is 0 Å². The summed E-state index contributed by atoms with van der Waals surface area (Å²) >= 11 is 0. The predicted octanol–water partition coefficient (Wildman–Crippen LogP) is 3.11. The van der Waals surface area contributed by atoms with E-state index in [1.165, 1.54) is 12.1 Å². The quantitative estimate of drug-likeness (QED) is 0.890. The molecule has 90 valence electrons. The summed E-state index contributed by atoms with van der Waals surface area (Å²) in [6.07, 6.45) is 2.02. The molecule has 1 heterocycles. The first-order chi connectivity index (χ1) is 8.06. The van der Waals surface area contributed by atoms with Crippen molar-refractivity contribution in [2.24, 2.45) is 5.73 Å². The Morgan fingerprint density at radius 1 is 1.24 bits per heavy atom. The minimum atomic E-state index is -0.849. The lowest BCUT2D eigenvalue weighted by Gasteiger charge is -2.09. The minimum Gasteiger partial charge on any atom is -0.469 e. The summed E-state index contributed by atoms with van der Waals surface area (Å²) < 4.78 is 30.9. The van der Waals surface area contributed by atoms with Gasteiger partial charge in [-0.15, -0.1) is 0 Å². The standard InChI is InChI=1S/C13H13F2NO/c1-8-4-10(7-17-8)13(16)6-9-2-3-11(14)12(15)5-9/h2-5,7,13H,6,16H2,1H3. The van der Waals surface area contributed by atoms with Crippen LogP contribution in [0.25, 0.3) is 0 Å². The molecule has 0 aliphatic heterocycles. The van der Waals surface area contributed by atoms with E-state index in [-0.39, 0.29) is 6.04 Å². The SMILES string of the molecule is Cc1cc(C(N)Cc2ccc(F)c(F)c2)co1. The summed E-state index contributed by atoms with van der Waals surface area (Å²) in [5, 5.41) is 0. The largest absolute Gasteiger partial charge is 0.469 e. The number of hydrogen-bond donors (Lipinski definition) is 1. The average molecular weight is 237 g/mol. The molecule has 0 fully saturated rings. The molecule has 17 heavy (non-hydrogen) atoms. The number of halogens is 2. The van der Waals surface area contributed by atoms with Crippen LogP contribution in [-0.2, 0) is 6.42 Å². The second-order valence-corrected chi connectivity index (χ2v) is 4.05. The Labute approximate surface area is 98.0 Å². The molecule has 0 aliphatic carbocycles. The first kappa shape index (κ1) is 11.8. The fourth-order valence-corrected chi connectivity index (χ4v) is 1.70. The zero-order valence-electron chi connectivity index (χ0n) is 9.41. The second kappa shape index (κ2) is 4.67. The van der Waals surface area contributed by atoms with Crippen molar-refractivity contribution in [1.29, 1.82) is 0 Å². The molecule has 2 aromatic rings. The van der Waals surface area contributed by atoms with E-state index in [9.17, 15) is 8.78 Å². The van der Waals surface area contributed by atoms with Crippen LogP contribution in [0.5, 0.6) is 0 Å². The van der Waals surface area contributed by atoms with Crippen molar-refractivity contribution < 1.29 is 13.2 Å². The normalized spacial score (nSPS) is 12.7. The molecular formula is C13H13F2NO. The molecule has 0 saturated carbocycles. The van der Waals surface area contributed by atoms with Gasteiger partial charge in [-0.3, -0.25) is 0 Å². The van der Waals surface area contributed by atoms with Crippen molar-refractivity contribution in [1.82, 2.24) is 0 Å². The molecule has 1 unspecified atom stereocenters. The fraction of sp³-hybridized carbons (Fsp3) is 0.231. The van der Waals surface area contributed by atoms with Crippen LogP contribution in [-0.4, -0.2) is 0 Å². The molecule has 0 spiro atoms. The van der Waals surface area contributed by atoms with E-state index in [1.807, 2.05) is 13.0 Å². The molecule has 0 bridgehead atoms. The van der Waals surface area contributed by atoms with Crippen LogP contribution in [0, 0.1) is 18.6 Å². The van der Waals surface area contributed by atoms with E-state index in [4.69, 9.17) is 10.2 Å². The molecule has 1 aromatic heterocycles. The maximum absolute atomic E-state index is 13.0. The van der Waals surface area contributed by atoms with Crippen molar-refractivity contribution >= 4 is 0 Å². The van der Waals surface area contributed by atoms with E-state index in [0.29, 0.717) is 12.0 Å². The van der Waals surface area contributed by atoms with Crippen molar-refractivity contribution in [3.8, 4) is 0 Å². The van der Waals surface area contributed by atoms with Gasteiger partial charge in [0.05, 0.1) is 6.26 Å². The molecule has 2 N–H and O–H groups in total. The Bertz CT molecular complexity index is 522. The lowest BCUT2D eigenvalue weighted by molar-refractivity contribution is 0.506. The van der Waals surface area contributed by atoms with Gasteiger partial charge >= 0.3 is 0 Å². The van der Waals surface area contributed by atoms with Crippen LogP contribution < -0.4 is 5.73 Å². The Morgan fingerprint density at radius 3 is 2.59 bits per heavy atom. The summed E-state index contributed by atoms with van der Waals surface area (Å²) in [5.41, 5.74) is 7.47. The third-order valence-corrected chi connectivity index (χ3v) is 2.62. The molecule has 2 rings (SSSR count). The molecule has 0 saturated heterocycles. The van der Waals surface area contributed by atoms with E-state index in [2.05, 4.69) is 0 Å². The van der Waals surface area contributed by atoms with E-state index in [0.717, 1.165) is 17.4 Å². The van der Waals surface area contributed by atoms with Crippen molar-refractivity contribution in [3.63, 3.8) is 0 Å². The van der Waals surface area contributed by atoms with Crippen molar-refractivity contribution in [3.05, 3.63) is 59.1 Å². The van der Waals surface area contributed by atoms with Crippen molar-refractivity contribution in [2.45, 2.75) is 19.4 Å². The second-order valence-electron chi connectivity index (χ2n) is 4.05. The molecule has 4 heteroatoms. The summed E-state index contributed by atoms with van der Waals surface area (Å²) in [5.74, 6) is -0.916. The fourth-order valence-electron chi connectivity index (χ4n) is 1.70. The Kier molecular flexibility index (Phi) is 3.24. The van der Waals surface area contributed by atoms with Gasteiger partial charge in [0, 0.05) is 11.6 Å². The number of rotatable bonds is 3. The van der Waals surface area contributed by atoms with Gasteiger partial charge in [0.1, 0.15) is 5.76 Å². The van der Waals surface area contributed by atoms with Gasteiger partial charge in [0.15, 0.2) is 11.6 Å². The lowest BCUT2D eigenvalue weighted by Crippen LogP contribution is -2.12. The Balaban J connectivity index is 2.12. The van der Waals surface area contributed by atoms with Crippen LogP contribution in [0.2, 0.25) is 0 Å².